The standard InChI is InChI=1S/C28H29N3O2/c1-31(2)20-14-12-18(13-15-20)19-16-24-27(25(32)17-19)28(21-8-4-7-11-26(21)33-3)30-23-10-6-5-9-22(23)29-24/h4-15,19,28-30H,16-17H2,1-3H3. The number of hydrogen-bond donors (Lipinski definition) is 2. The Bertz CT molecular complexity index is 1210. The van der Waals surface area contributed by atoms with Crippen LogP contribution in [0.25, 0.3) is 0 Å². The molecule has 5 heteroatoms. The average molecular weight is 440 g/mol. The highest BCUT2D eigenvalue weighted by Gasteiger charge is 2.36. The largest absolute Gasteiger partial charge is 0.496 e. The maximum atomic E-state index is 13.7. The van der Waals surface area contributed by atoms with Gasteiger partial charge < -0.3 is 20.3 Å². The maximum Gasteiger partial charge on any atom is 0.163 e. The molecule has 1 aliphatic carbocycles. The summed E-state index contributed by atoms with van der Waals surface area (Å²) in [6, 6.07) is 24.3. The molecule has 0 spiro atoms. The van der Waals surface area contributed by atoms with E-state index in [1.165, 1.54) is 5.56 Å². The predicted octanol–water partition coefficient (Wildman–Crippen LogP) is 5.74. The fraction of sp³-hybridized carbons (Fsp3) is 0.250. The van der Waals surface area contributed by atoms with Crippen molar-refractivity contribution in [2.75, 3.05) is 36.7 Å². The number of ether oxygens (including phenoxy) is 1. The molecule has 0 radical (unpaired) electrons. The molecule has 168 valence electrons. The van der Waals surface area contributed by atoms with Gasteiger partial charge in [-0.3, -0.25) is 4.79 Å². The molecule has 0 bridgehead atoms. The first-order valence-corrected chi connectivity index (χ1v) is 11.3. The van der Waals surface area contributed by atoms with Crippen molar-refractivity contribution in [3.63, 3.8) is 0 Å². The van der Waals surface area contributed by atoms with Gasteiger partial charge in [-0.15, -0.1) is 0 Å². The second kappa shape index (κ2) is 8.66. The second-order valence-electron chi connectivity index (χ2n) is 8.90. The topological polar surface area (TPSA) is 53.6 Å². The Kier molecular flexibility index (Phi) is 5.55. The number of rotatable bonds is 4. The van der Waals surface area contributed by atoms with Gasteiger partial charge in [0.2, 0.25) is 0 Å². The van der Waals surface area contributed by atoms with E-state index in [9.17, 15) is 4.79 Å². The fourth-order valence-electron chi connectivity index (χ4n) is 4.91. The fourth-order valence-corrected chi connectivity index (χ4v) is 4.91. The maximum absolute atomic E-state index is 13.7. The number of hydrogen-bond acceptors (Lipinski definition) is 5. The lowest BCUT2D eigenvalue weighted by Gasteiger charge is -2.30. The van der Waals surface area contributed by atoms with Crippen molar-refractivity contribution >= 4 is 22.8 Å². The molecule has 1 aliphatic heterocycles. The van der Waals surface area contributed by atoms with Crippen LogP contribution in [0.4, 0.5) is 17.1 Å². The van der Waals surface area contributed by atoms with E-state index in [1.807, 2.05) is 56.6 Å². The number of carbonyl (C=O) groups excluding carboxylic acids is 1. The third kappa shape index (κ3) is 3.95. The van der Waals surface area contributed by atoms with E-state index in [1.54, 1.807) is 7.11 Å². The molecule has 1 heterocycles. The van der Waals surface area contributed by atoms with E-state index in [-0.39, 0.29) is 17.7 Å². The van der Waals surface area contributed by atoms with Crippen molar-refractivity contribution in [1.29, 1.82) is 0 Å². The molecule has 2 unspecified atom stereocenters. The van der Waals surface area contributed by atoms with E-state index in [0.717, 1.165) is 46.1 Å². The van der Waals surface area contributed by atoms with E-state index >= 15 is 0 Å². The minimum atomic E-state index is -0.281. The summed E-state index contributed by atoms with van der Waals surface area (Å²) in [4.78, 5) is 15.8. The number of ketones is 1. The second-order valence-corrected chi connectivity index (χ2v) is 8.90. The molecule has 5 rings (SSSR count). The molecule has 0 aromatic heterocycles. The number of carbonyl (C=O) groups is 1. The lowest BCUT2D eigenvalue weighted by Crippen LogP contribution is -2.27. The number of benzene rings is 3. The van der Waals surface area contributed by atoms with Gasteiger partial charge in [-0.2, -0.15) is 0 Å². The summed E-state index contributed by atoms with van der Waals surface area (Å²) in [6.07, 6.45) is 1.27. The number of Topliss-reactive ketones (excluding diaryl/α,β-unsaturated/α-hetero) is 1. The first-order chi connectivity index (χ1) is 16.0. The SMILES string of the molecule is COc1ccccc1C1Nc2ccccc2NC2=C1C(=O)CC(c1ccc(N(C)C)cc1)C2. The summed E-state index contributed by atoms with van der Waals surface area (Å²) in [5.74, 6) is 1.08. The third-order valence-corrected chi connectivity index (χ3v) is 6.64. The van der Waals surface area contributed by atoms with Crippen LogP contribution in [-0.2, 0) is 4.79 Å². The van der Waals surface area contributed by atoms with Crippen molar-refractivity contribution in [3.8, 4) is 5.75 Å². The van der Waals surface area contributed by atoms with Crippen molar-refractivity contribution in [2.45, 2.75) is 24.8 Å². The van der Waals surface area contributed by atoms with E-state index in [2.05, 4.69) is 45.9 Å². The molecular weight excluding hydrogens is 410 g/mol. The molecule has 2 atom stereocenters. The molecule has 3 aromatic carbocycles. The Balaban J connectivity index is 1.58. The smallest absolute Gasteiger partial charge is 0.163 e. The van der Waals surface area contributed by atoms with Gasteiger partial charge in [0.05, 0.1) is 24.5 Å². The summed E-state index contributed by atoms with van der Waals surface area (Å²) < 4.78 is 5.66. The van der Waals surface area contributed by atoms with Crippen molar-refractivity contribution in [2.24, 2.45) is 0 Å². The Morgan fingerprint density at radius 3 is 2.30 bits per heavy atom. The monoisotopic (exact) mass is 439 g/mol. The number of nitrogens with one attached hydrogen (secondary N) is 2. The quantitative estimate of drug-likeness (QED) is 0.543. The third-order valence-electron chi connectivity index (χ3n) is 6.64. The van der Waals surface area contributed by atoms with Crippen LogP contribution >= 0.6 is 0 Å². The molecule has 0 saturated carbocycles. The summed E-state index contributed by atoms with van der Waals surface area (Å²) >= 11 is 0. The molecule has 2 N–H and O–H groups in total. The van der Waals surface area contributed by atoms with Crippen molar-refractivity contribution < 1.29 is 9.53 Å². The van der Waals surface area contributed by atoms with Crippen LogP contribution in [-0.4, -0.2) is 27.0 Å². The number of para-hydroxylation sites is 3. The van der Waals surface area contributed by atoms with Crippen LogP contribution in [0.15, 0.2) is 84.1 Å². The number of methoxy groups -OCH3 is 1. The predicted molar refractivity (Wildman–Crippen MR) is 134 cm³/mol. The van der Waals surface area contributed by atoms with Gasteiger partial charge in [0.1, 0.15) is 5.75 Å². The molecule has 3 aromatic rings. The van der Waals surface area contributed by atoms with Gasteiger partial charge in [-0.25, -0.2) is 0 Å². The summed E-state index contributed by atoms with van der Waals surface area (Å²) in [5, 5.41) is 7.23. The average Bonchev–Trinajstić information content (AvgIpc) is 3.01. The highest BCUT2D eigenvalue weighted by atomic mass is 16.5. The van der Waals surface area contributed by atoms with Gasteiger partial charge >= 0.3 is 0 Å². The zero-order valence-corrected chi connectivity index (χ0v) is 19.3. The minimum absolute atomic E-state index is 0.142. The zero-order chi connectivity index (χ0) is 22.9. The molecule has 33 heavy (non-hydrogen) atoms. The molecule has 0 fully saturated rings. The van der Waals surface area contributed by atoms with Crippen LogP contribution in [0.1, 0.15) is 35.9 Å². The normalized spacial score (nSPS) is 19.5. The Morgan fingerprint density at radius 2 is 1.58 bits per heavy atom. The van der Waals surface area contributed by atoms with Crippen LogP contribution in [0.2, 0.25) is 0 Å². The van der Waals surface area contributed by atoms with Crippen molar-refractivity contribution in [1.82, 2.24) is 0 Å². The van der Waals surface area contributed by atoms with Crippen LogP contribution < -0.4 is 20.3 Å². The van der Waals surface area contributed by atoms with Gasteiger partial charge in [0, 0.05) is 43.0 Å². The molecule has 2 aliphatic rings. The minimum Gasteiger partial charge on any atom is -0.496 e. The molecular formula is C28H29N3O2. The number of allylic oxidation sites excluding steroid dienone is 1. The molecule has 0 saturated heterocycles. The summed E-state index contributed by atoms with van der Waals surface area (Å²) in [7, 11) is 5.75. The van der Waals surface area contributed by atoms with Crippen molar-refractivity contribution in [3.05, 3.63) is 95.2 Å². The van der Waals surface area contributed by atoms with E-state index in [4.69, 9.17) is 4.74 Å². The highest BCUT2D eigenvalue weighted by molar-refractivity contribution is 6.01. The van der Waals surface area contributed by atoms with Gasteiger partial charge in [-0.05, 0) is 48.2 Å². The lowest BCUT2D eigenvalue weighted by molar-refractivity contribution is -0.116. The Hall–Kier alpha value is -3.73. The van der Waals surface area contributed by atoms with E-state index in [0.29, 0.717) is 6.42 Å². The number of fused-ring (bicyclic) bond motifs is 1. The van der Waals surface area contributed by atoms with Crippen LogP contribution in [0.5, 0.6) is 5.75 Å². The molecule has 5 nitrogen and oxygen atoms in total. The summed E-state index contributed by atoms with van der Waals surface area (Å²) in [6.45, 7) is 0. The van der Waals surface area contributed by atoms with Crippen LogP contribution in [0.3, 0.4) is 0 Å². The highest BCUT2D eigenvalue weighted by Crippen LogP contribution is 2.45. The summed E-state index contributed by atoms with van der Waals surface area (Å²) in [5.41, 5.74) is 7.07. The van der Waals surface area contributed by atoms with E-state index < -0.39 is 0 Å². The first kappa shape index (κ1) is 21.1. The Labute approximate surface area is 195 Å². The van der Waals surface area contributed by atoms with Gasteiger partial charge in [-0.1, -0.05) is 42.5 Å². The zero-order valence-electron chi connectivity index (χ0n) is 19.3. The Morgan fingerprint density at radius 1 is 0.879 bits per heavy atom. The number of anilines is 3. The first-order valence-electron chi connectivity index (χ1n) is 11.3. The molecule has 0 amide bonds. The van der Waals surface area contributed by atoms with Gasteiger partial charge in [0.25, 0.3) is 0 Å². The van der Waals surface area contributed by atoms with Gasteiger partial charge in [0.15, 0.2) is 5.78 Å². The number of nitrogens with zero attached hydrogens (tertiary/aromatic N) is 1. The van der Waals surface area contributed by atoms with Crippen LogP contribution in [0, 0.1) is 0 Å². The lowest BCUT2D eigenvalue weighted by atomic mass is 9.78.